The van der Waals surface area contributed by atoms with Crippen LogP contribution in [0.4, 0.5) is 4.79 Å². The summed E-state index contributed by atoms with van der Waals surface area (Å²) in [6.45, 7) is 6.23. The molecule has 16 heavy (non-hydrogen) atoms. The monoisotopic (exact) mass is 231 g/mol. The van der Waals surface area contributed by atoms with Crippen LogP contribution in [-0.2, 0) is 14.3 Å². The highest BCUT2D eigenvalue weighted by Gasteiger charge is 2.23. The Morgan fingerprint density at radius 3 is 2.12 bits per heavy atom. The van der Waals surface area contributed by atoms with Gasteiger partial charge in [-0.15, -0.1) is 0 Å². The lowest BCUT2D eigenvalue weighted by Crippen LogP contribution is -2.43. The van der Waals surface area contributed by atoms with E-state index in [4.69, 9.17) is 9.84 Å². The smallest absolute Gasteiger partial charge is 0.408 e. The molecule has 0 aliphatic carbocycles. The van der Waals surface area contributed by atoms with E-state index in [2.05, 4.69) is 5.32 Å². The molecule has 2 N–H and O–H groups in total. The van der Waals surface area contributed by atoms with Gasteiger partial charge in [0.1, 0.15) is 11.6 Å². The third-order valence-electron chi connectivity index (χ3n) is 1.56. The van der Waals surface area contributed by atoms with Crippen molar-refractivity contribution in [1.82, 2.24) is 5.32 Å². The highest BCUT2D eigenvalue weighted by Crippen LogP contribution is 2.07. The Bertz CT molecular complexity index is 292. The van der Waals surface area contributed by atoms with Gasteiger partial charge < -0.3 is 15.2 Å². The van der Waals surface area contributed by atoms with Crippen LogP contribution >= 0.6 is 0 Å². The zero-order valence-corrected chi connectivity index (χ0v) is 9.86. The van der Waals surface area contributed by atoms with Crippen molar-refractivity contribution in [3.63, 3.8) is 0 Å². The number of hydrogen-bond donors (Lipinski definition) is 2. The number of nitrogens with one attached hydrogen (secondary N) is 1. The molecule has 1 atom stereocenters. The van der Waals surface area contributed by atoms with Crippen molar-refractivity contribution in [2.24, 2.45) is 0 Å². The van der Waals surface area contributed by atoms with E-state index in [1.807, 2.05) is 0 Å². The summed E-state index contributed by atoms with van der Waals surface area (Å²) >= 11 is 0. The number of aliphatic carboxylic acids is 1. The molecule has 0 saturated carbocycles. The molecule has 0 rings (SSSR count). The molecule has 0 radical (unpaired) electrons. The van der Waals surface area contributed by atoms with Crippen LogP contribution in [0, 0.1) is 0 Å². The lowest BCUT2D eigenvalue weighted by molar-refractivity contribution is -0.139. The van der Waals surface area contributed by atoms with Crippen molar-refractivity contribution in [2.75, 3.05) is 0 Å². The van der Waals surface area contributed by atoms with Gasteiger partial charge in [-0.05, 0) is 27.7 Å². The summed E-state index contributed by atoms with van der Waals surface area (Å²) in [6, 6.07) is -1.05. The average Bonchev–Trinajstić information content (AvgIpc) is 1.97. The van der Waals surface area contributed by atoms with Crippen molar-refractivity contribution in [1.29, 1.82) is 0 Å². The maximum atomic E-state index is 11.3. The Hall–Kier alpha value is -1.59. The zero-order valence-electron chi connectivity index (χ0n) is 9.86. The predicted molar refractivity (Wildman–Crippen MR) is 56.1 cm³/mol. The van der Waals surface area contributed by atoms with Gasteiger partial charge in [-0.25, -0.2) is 4.79 Å². The van der Waals surface area contributed by atoms with E-state index in [0.29, 0.717) is 0 Å². The molecule has 0 heterocycles. The Kier molecular flexibility index (Phi) is 4.94. The molecule has 0 spiro atoms. The van der Waals surface area contributed by atoms with E-state index in [-0.39, 0.29) is 0 Å². The van der Waals surface area contributed by atoms with E-state index in [1.54, 1.807) is 20.8 Å². The molecule has 0 aromatic heterocycles. The van der Waals surface area contributed by atoms with Gasteiger partial charge in [-0.2, -0.15) is 0 Å². The maximum absolute atomic E-state index is 11.3. The fourth-order valence-corrected chi connectivity index (χ4v) is 0.921. The molecule has 0 aromatic carbocycles. The van der Waals surface area contributed by atoms with Crippen LogP contribution in [-0.4, -0.2) is 34.6 Å². The third kappa shape index (κ3) is 6.80. The zero-order chi connectivity index (χ0) is 12.9. The molecule has 0 unspecified atom stereocenters. The van der Waals surface area contributed by atoms with E-state index in [9.17, 15) is 14.4 Å². The first kappa shape index (κ1) is 14.4. The number of carboxylic acid groups (broad SMARTS) is 1. The lowest BCUT2D eigenvalue weighted by Gasteiger charge is -2.21. The summed E-state index contributed by atoms with van der Waals surface area (Å²) in [4.78, 5) is 32.8. The summed E-state index contributed by atoms with van der Waals surface area (Å²) in [5.41, 5.74) is -0.686. The largest absolute Gasteiger partial charge is 0.481 e. The standard InChI is InChI=1S/C10H17NO5/c1-6(12)7(5-8(13)14)11-9(15)16-10(2,3)4/h7H,5H2,1-4H3,(H,11,15)(H,13,14)/t7-/m0/s1. The van der Waals surface area contributed by atoms with Crippen LogP contribution in [0.5, 0.6) is 0 Å². The van der Waals surface area contributed by atoms with Gasteiger partial charge in [0.15, 0.2) is 5.78 Å². The summed E-state index contributed by atoms with van der Waals surface area (Å²) in [5, 5.41) is 10.7. The first-order chi connectivity index (χ1) is 7.11. The number of ether oxygens (including phenoxy) is 1. The minimum Gasteiger partial charge on any atom is -0.481 e. The third-order valence-corrected chi connectivity index (χ3v) is 1.56. The second kappa shape index (κ2) is 5.48. The predicted octanol–water partition coefficient (Wildman–Crippen LogP) is 0.943. The van der Waals surface area contributed by atoms with Crippen molar-refractivity contribution in [3.05, 3.63) is 0 Å². The van der Waals surface area contributed by atoms with Gasteiger partial charge in [0, 0.05) is 0 Å². The van der Waals surface area contributed by atoms with Crippen LogP contribution < -0.4 is 5.32 Å². The second-order valence-electron chi connectivity index (χ2n) is 4.41. The van der Waals surface area contributed by atoms with Crippen LogP contribution in [0.3, 0.4) is 0 Å². The minimum absolute atomic E-state index is 0.423. The molecular formula is C10H17NO5. The van der Waals surface area contributed by atoms with Crippen LogP contribution in [0.15, 0.2) is 0 Å². The van der Waals surface area contributed by atoms with Crippen LogP contribution in [0.2, 0.25) is 0 Å². The molecule has 0 fully saturated rings. The normalized spacial score (nSPS) is 12.8. The second-order valence-corrected chi connectivity index (χ2v) is 4.41. The number of alkyl carbamates (subject to hydrolysis) is 1. The molecule has 0 aromatic rings. The lowest BCUT2D eigenvalue weighted by atomic mass is 10.1. The fraction of sp³-hybridized carbons (Fsp3) is 0.700. The molecule has 0 bridgehead atoms. The van der Waals surface area contributed by atoms with Gasteiger partial charge in [0.25, 0.3) is 0 Å². The molecule has 0 aliphatic rings. The molecular weight excluding hydrogens is 214 g/mol. The summed E-state index contributed by atoms with van der Waals surface area (Å²) in [6.07, 6.45) is -1.25. The SMILES string of the molecule is CC(=O)[C@H](CC(=O)O)NC(=O)OC(C)(C)C. The van der Waals surface area contributed by atoms with E-state index < -0.39 is 35.9 Å². The molecule has 0 aliphatic heterocycles. The summed E-state index contributed by atoms with van der Waals surface area (Å²) in [5.74, 6) is -1.58. The van der Waals surface area contributed by atoms with E-state index in [1.165, 1.54) is 6.92 Å². The highest BCUT2D eigenvalue weighted by atomic mass is 16.6. The van der Waals surface area contributed by atoms with Gasteiger partial charge in [0.05, 0.1) is 6.42 Å². The van der Waals surface area contributed by atoms with E-state index in [0.717, 1.165) is 0 Å². The van der Waals surface area contributed by atoms with E-state index >= 15 is 0 Å². The van der Waals surface area contributed by atoms with Crippen molar-refractivity contribution >= 4 is 17.8 Å². The number of rotatable bonds is 4. The number of Topliss-reactive ketones (excluding diaryl/α,β-unsaturated/α-hetero) is 1. The van der Waals surface area contributed by atoms with Gasteiger partial charge in [-0.1, -0.05) is 0 Å². The number of carboxylic acids is 1. The van der Waals surface area contributed by atoms with Crippen LogP contribution in [0.1, 0.15) is 34.1 Å². The van der Waals surface area contributed by atoms with Crippen LogP contribution in [0.25, 0.3) is 0 Å². The molecule has 92 valence electrons. The molecule has 0 saturated heterocycles. The Morgan fingerprint density at radius 1 is 1.31 bits per heavy atom. The number of ketones is 1. The number of amides is 1. The first-order valence-corrected chi connectivity index (χ1v) is 4.83. The summed E-state index contributed by atoms with van der Waals surface area (Å²) < 4.78 is 4.90. The number of hydrogen-bond acceptors (Lipinski definition) is 4. The molecule has 6 heteroatoms. The molecule has 1 amide bonds. The van der Waals surface area contributed by atoms with Crippen molar-refractivity contribution < 1.29 is 24.2 Å². The Balaban J connectivity index is 4.35. The molecule has 6 nitrogen and oxygen atoms in total. The highest BCUT2D eigenvalue weighted by molar-refractivity contribution is 5.89. The number of carbonyl (C=O) groups is 3. The topological polar surface area (TPSA) is 92.7 Å². The average molecular weight is 231 g/mol. The maximum Gasteiger partial charge on any atom is 0.408 e. The minimum atomic E-state index is -1.16. The van der Waals surface area contributed by atoms with Gasteiger partial charge in [0.2, 0.25) is 0 Å². The Morgan fingerprint density at radius 2 is 1.81 bits per heavy atom. The first-order valence-electron chi connectivity index (χ1n) is 4.83. The van der Waals surface area contributed by atoms with Gasteiger partial charge >= 0.3 is 12.1 Å². The Labute approximate surface area is 94.0 Å². The van der Waals surface area contributed by atoms with Crippen molar-refractivity contribution in [2.45, 2.75) is 45.8 Å². The van der Waals surface area contributed by atoms with Gasteiger partial charge in [-0.3, -0.25) is 9.59 Å². The quantitative estimate of drug-likeness (QED) is 0.751. The fourth-order valence-electron chi connectivity index (χ4n) is 0.921. The number of carbonyl (C=O) groups excluding carboxylic acids is 2. The van der Waals surface area contributed by atoms with Crippen molar-refractivity contribution in [3.8, 4) is 0 Å². The summed E-state index contributed by atoms with van der Waals surface area (Å²) in [7, 11) is 0.